The number of unbranched alkanes of at least 4 members (excludes halogenated alkanes) is 15. The van der Waals surface area contributed by atoms with Crippen molar-refractivity contribution in [3.8, 4) is 0 Å². The third-order valence-corrected chi connectivity index (χ3v) is 7.39. The zero-order chi connectivity index (χ0) is 31.2. The summed E-state index contributed by atoms with van der Waals surface area (Å²) >= 11 is 0. The van der Waals surface area contributed by atoms with Crippen LogP contribution < -0.4 is 0 Å². The molecule has 0 aromatic heterocycles. The standard InChI is InChI=1S/C34H71NO8/c1-2-3-4-5-6-7-8-9-10-11-12-13-14-15-16-17-18-35(19-23-38-27-31-42-33-29-40-25-21-36)20-24-39-28-32-43-34-30-41-26-22-37/h36-37H,2-34H2,1H3. The molecule has 0 aliphatic rings. The van der Waals surface area contributed by atoms with Crippen LogP contribution in [0.4, 0.5) is 0 Å². The third kappa shape index (κ3) is 37.7. The van der Waals surface area contributed by atoms with Gasteiger partial charge < -0.3 is 38.6 Å². The molecule has 0 amide bonds. The van der Waals surface area contributed by atoms with Gasteiger partial charge in [-0.3, -0.25) is 4.90 Å². The summed E-state index contributed by atoms with van der Waals surface area (Å²) in [6.07, 6.45) is 22.2. The quantitative estimate of drug-likeness (QED) is 0.0846. The minimum Gasteiger partial charge on any atom is -0.394 e. The summed E-state index contributed by atoms with van der Waals surface area (Å²) in [6, 6.07) is 0. The van der Waals surface area contributed by atoms with Crippen molar-refractivity contribution < 1.29 is 38.6 Å². The number of rotatable bonds is 39. The minimum absolute atomic E-state index is 0.0411. The average molecular weight is 622 g/mol. The van der Waals surface area contributed by atoms with Gasteiger partial charge in [-0.2, -0.15) is 0 Å². The zero-order valence-electron chi connectivity index (χ0n) is 28.1. The van der Waals surface area contributed by atoms with E-state index in [1.54, 1.807) is 0 Å². The molecule has 0 aromatic carbocycles. The maximum Gasteiger partial charge on any atom is 0.0701 e. The van der Waals surface area contributed by atoms with Crippen LogP contribution in [0.5, 0.6) is 0 Å². The normalized spacial score (nSPS) is 11.7. The molecule has 0 radical (unpaired) electrons. The van der Waals surface area contributed by atoms with Gasteiger partial charge in [0, 0.05) is 13.1 Å². The molecule has 43 heavy (non-hydrogen) atoms. The fourth-order valence-corrected chi connectivity index (χ4v) is 4.82. The van der Waals surface area contributed by atoms with E-state index in [1.165, 1.54) is 103 Å². The van der Waals surface area contributed by atoms with Crippen molar-refractivity contribution in [2.75, 3.05) is 112 Å². The van der Waals surface area contributed by atoms with Crippen LogP contribution in [-0.2, 0) is 28.4 Å². The fourth-order valence-electron chi connectivity index (χ4n) is 4.82. The second kappa shape index (κ2) is 39.7. The number of ether oxygens (including phenoxy) is 6. The molecule has 9 heteroatoms. The SMILES string of the molecule is CCCCCCCCCCCCCCCCCCN(CCOCCOCCOCCO)CCOCCOCCOCCO. The summed E-state index contributed by atoms with van der Waals surface area (Å²) in [5.74, 6) is 0. The number of hydrogen-bond acceptors (Lipinski definition) is 9. The summed E-state index contributed by atoms with van der Waals surface area (Å²) in [6.45, 7) is 11.6. The number of nitrogens with zero attached hydrogens (tertiary/aromatic N) is 1. The Morgan fingerprint density at radius 1 is 0.326 bits per heavy atom. The molecule has 0 aromatic rings. The van der Waals surface area contributed by atoms with E-state index in [-0.39, 0.29) is 13.2 Å². The first kappa shape index (κ1) is 42.6. The Bertz CT molecular complexity index is 465. The Labute approximate surface area is 265 Å². The van der Waals surface area contributed by atoms with Gasteiger partial charge in [0.05, 0.1) is 92.5 Å². The lowest BCUT2D eigenvalue weighted by Crippen LogP contribution is -2.32. The summed E-state index contributed by atoms with van der Waals surface area (Å²) in [5.41, 5.74) is 0. The molecule has 0 bridgehead atoms. The van der Waals surface area contributed by atoms with Crippen LogP contribution in [0.2, 0.25) is 0 Å². The summed E-state index contributed by atoms with van der Waals surface area (Å²) in [5, 5.41) is 17.4. The topological polar surface area (TPSA) is 99.1 Å². The molecule has 2 N–H and O–H groups in total. The molecule has 0 saturated heterocycles. The molecule has 0 spiro atoms. The van der Waals surface area contributed by atoms with E-state index in [0.717, 1.165) is 19.6 Å². The molecule has 0 fully saturated rings. The Hall–Kier alpha value is -0.360. The molecule has 0 aliphatic heterocycles. The Morgan fingerprint density at radius 3 is 0.930 bits per heavy atom. The van der Waals surface area contributed by atoms with Gasteiger partial charge in [-0.1, -0.05) is 103 Å². The summed E-state index contributed by atoms with van der Waals surface area (Å²) in [7, 11) is 0. The minimum atomic E-state index is 0.0411. The first-order valence-corrected chi connectivity index (χ1v) is 17.8. The Morgan fingerprint density at radius 2 is 0.605 bits per heavy atom. The molecular formula is C34H71NO8. The Balaban J connectivity index is 3.83. The maximum absolute atomic E-state index is 8.70. The van der Waals surface area contributed by atoms with Crippen LogP contribution in [0.3, 0.4) is 0 Å². The lowest BCUT2D eigenvalue weighted by Gasteiger charge is -2.22. The fraction of sp³-hybridized carbons (Fsp3) is 1.00. The van der Waals surface area contributed by atoms with Crippen LogP contribution in [0.25, 0.3) is 0 Å². The van der Waals surface area contributed by atoms with Crippen molar-refractivity contribution in [1.82, 2.24) is 4.90 Å². The molecular weight excluding hydrogens is 550 g/mol. The van der Waals surface area contributed by atoms with Gasteiger partial charge in [-0.05, 0) is 13.0 Å². The first-order valence-electron chi connectivity index (χ1n) is 17.8. The highest BCUT2D eigenvalue weighted by molar-refractivity contribution is 4.59. The molecule has 9 nitrogen and oxygen atoms in total. The van der Waals surface area contributed by atoms with Gasteiger partial charge in [0.1, 0.15) is 0 Å². The third-order valence-electron chi connectivity index (χ3n) is 7.39. The van der Waals surface area contributed by atoms with Crippen molar-refractivity contribution in [2.45, 2.75) is 110 Å². The van der Waals surface area contributed by atoms with E-state index in [9.17, 15) is 0 Å². The van der Waals surface area contributed by atoms with Gasteiger partial charge in [0.2, 0.25) is 0 Å². The van der Waals surface area contributed by atoms with Gasteiger partial charge in [-0.25, -0.2) is 0 Å². The van der Waals surface area contributed by atoms with Gasteiger partial charge in [0.15, 0.2) is 0 Å². The second-order valence-electron chi connectivity index (χ2n) is 11.3. The maximum atomic E-state index is 8.70. The van der Waals surface area contributed by atoms with E-state index in [4.69, 9.17) is 38.6 Å². The zero-order valence-corrected chi connectivity index (χ0v) is 28.1. The number of aliphatic hydroxyl groups excluding tert-OH is 2. The van der Waals surface area contributed by atoms with E-state index >= 15 is 0 Å². The molecule has 0 rings (SSSR count). The van der Waals surface area contributed by atoms with Crippen LogP contribution >= 0.6 is 0 Å². The van der Waals surface area contributed by atoms with Crippen molar-refractivity contribution in [3.63, 3.8) is 0 Å². The largest absolute Gasteiger partial charge is 0.394 e. The van der Waals surface area contributed by atoms with E-state index < -0.39 is 0 Å². The van der Waals surface area contributed by atoms with E-state index in [2.05, 4.69) is 11.8 Å². The highest BCUT2D eigenvalue weighted by Gasteiger charge is 2.06. The average Bonchev–Trinajstić information content (AvgIpc) is 3.02. The molecule has 260 valence electrons. The van der Waals surface area contributed by atoms with Crippen molar-refractivity contribution >= 4 is 0 Å². The second-order valence-corrected chi connectivity index (χ2v) is 11.3. The Kier molecular flexibility index (Phi) is 39.3. The number of aliphatic hydroxyl groups is 2. The van der Waals surface area contributed by atoms with E-state index in [0.29, 0.717) is 79.3 Å². The van der Waals surface area contributed by atoms with Crippen molar-refractivity contribution in [2.24, 2.45) is 0 Å². The van der Waals surface area contributed by atoms with Gasteiger partial charge in [-0.15, -0.1) is 0 Å². The van der Waals surface area contributed by atoms with Crippen LogP contribution in [0.15, 0.2) is 0 Å². The van der Waals surface area contributed by atoms with Crippen molar-refractivity contribution in [3.05, 3.63) is 0 Å². The van der Waals surface area contributed by atoms with Gasteiger partial charge >= 0.3 is 0 Å². The first-order chi connectivity index (χ1) is 21.3. The summed E-state index contributed by atoms with van der Waals surface area (Å²) < 4.78 is 32.9. The predicted molar refractivity (Wildman–Crippen MR) is 175 cm³/mol. The summed E-state index contributed by atoms with van der Waals surface area (Å²) in [4.78, 5) is 2.44. The monoisotopic (exact) mass is 622 g/mol. The highest BCUT2D eigenvalue weighted by atomic mass is 16.6. The highest BCUT2D eigenvalue weighted by Crippen LogP contribution is 2.14. The molecule has 0 unspecified atom stereocenters. The van der Waals surface area contributed by atoms with Crippen LogP contribution in [0, 0.1) is 0 Å². The molecule has 0 atom stereocenters. The smallest absolute Gasteiger partial charge is 0.0701 e. The van der Waals surface area contributed by atoms with Crippen LogP contribution in [0.1, 0.15) is 110 Å². The molecule has 0 aliphatic carbocycles. The molecule has 0 saturated carbocycles. The van der Waals surface area contributed by atoms with Crippen molar-refractivity contribution in [1.29, 1.82) is 0 Å². The van der Waals surface area contributed by atoms with Crippen LogP contribution in [-0.4, -0.2) is 127 Å². The number of hydrogen-bond donors (Lipinski definition) is 2. The molecule has 0 heterocycles. The lowest BCUT2D eigenvalue weighted by molar-refractivity contribution is -0.00217. The van der Waals surface area contributed by atoms with E-state index in [1.807, 2.05) is 0 Å². The lowest BCUT2D eigenvalue weighted by atomic mass is 10.0. The van der Waals surface area contributed by atoms with Gasteiger partial charge in [0.25, 0.3) is 0 Å². The predicted octanol–water partition coefficient (Wildman–Crippen LogP) is 5.63.